The predicted octanol–water partition coefficient (Wildman–Crippen LogP) is 3.51. The number of aryl methyl sites for hydroxylation is 1. The van der Waals surface area contributed by atoms with Crippen LogP contribution in [0.15, 0.2) is 36.4 Å². The SMILES string of the molecule is Cc1ccc2c(N3CCN(C(=O)[C@H](O)C(C)(C)C)CC3)nc(-c3c(O)cccc3F)nc2c1. The molecule has 1 aliphatic rings. The van der Waals surface area contributed by atoms with Crippen molar-refractivity contribution in [3.05, 3.63) is 47.8 Å². The molecule has 174 valence electrons. The van der Waals surface area contributed by atoms with Crippen LogP contribution in [0.25, 0.3) is 22.3 Å². The van der Waals surface area contributed by atoms with Crippen molar-refractivity contribution in [3.63, 3.8) is 0 Å². The highest BCUT2D eigenvalue weighted by atomic mass is 19.1. The summed E-state index contributed by atoms with van der Waals surface area (Å²) >= 11 is 0. The summed E-state index contributed by atoms with van der Waals surface area (Å²) in [7, 11) is 0. The molecular weight excluding hydrogens is 423 g/mol. The maximum absolute atomic E-state index is 14.6. The van der Waals surface area contributed by atoms with Gasteiger partial charge in [-0.3, -0.25) is 4.79 Å². The van der Waals surface area contributed by atoms with Crippen LogP contribution in [0.2, 0.25) is 0 Å². The van der Waals surface area contributed by atoms with Crippen molar-refractivity contribution in [1.82, 2.24) is 14.9 Å². The lowest BCUT2D eigenvalue weighted by Gasteiger charge is -2.38. The third-order valence-electron chi connectivity index (χ3n) is 5.99. The lowest BCUT2D eigenvalue weighted by molar-refractivity contribution is -0.146. The normalized spacial score (nSPS) is 15.7. The molecule has 1 aliphatic heterocycles. The quantitative estimate of drug-likeness (QED) is 0.632. The van der Waals surface area contributed by atoms with Crippen molar-refractivity contribution in [1.29, 1.82) is 0 Å². The van der Waals surface area contributed by atoms with Crippen LogP contribution in [0.5, 0.6) is 5.75 Å². The number of aromatic nitrogens is 2. The fourth-order valence-corrected chi connectivity index (χ4v) is 3.99. The number of halogens is 1. The van der Waals surface area contributed by atoms with Crippen molar-refractivity contribution < 1.29 is 19.4 Å². The van der Waals surface area contributed by atoms with Gasteiger partial charge in [0.2, 0.25) is 0 Å². The van der Waals surface area contributed by atoms with E-state index in [4.69, 9.17) is 0 Å². The van der Waals surface area contributed by atoms with Gasteiger partial charge in [0.25, 0.3) is 5.91 Å². The molecule has 8 heteroatoms. The van der Waals surface area contributed by atoms with Crippen molar-refractivity contribution in [2.45, 2.75) is 33.8 Å². The Balaban J connectivity index is 1.69. The summed E-state index contributed by atoms with van der Waals surface area (Å²) in [6.07, 6.45) is -1.07. The van der Waals surface area contributed by atoms with Crippen molar-refractivity contribution in [2.75, 3.05) is 31.1 Å². The van der Waals surface area contributed by atoms with Crippen LogP contribution in [0, 0.1) is 18.2 Å². The third kappa shape index (κ3) is 4.48. The second-order valence-electron chi connectivity index (χ2n) is 9.61. The first-order chi connectivity index (χ1) is 15.6. The minimum atomic E-state index is -1.07. The number of nitrogens with zero attached hydrogens (tertiary/aromatic N) is 4. The fraction of sp³-hybridized carbons (Fsp3) is 0.400. The summed E-state index contributed by atoms with van der Waals surface area (Å²) in [6.45, 7) is 9.33. The first kappa shape index (κ1) is 22.9. The topological polar surface area (TPSA) is 89.8 Å². The average Bonchev–Trinajstić information content (AvgIpc) is 2.76. The van der Waals surface area contributed by atoms with Gasteiger partial charge in [-0.05, 0) is 42.2 Å². The van der Waals surface area contributed by atoms with Gasteiger partial charge in [-0.25, -0.2) is 14.4 Å². The van der Waals surface area contributed by atoms with Gasteiger partial charge in [0.1, 0.15) is 23.5 Å². The number of aliphatic hydroxyl groups is 1. The van der Waals surface area contributed by atoms with E-state index in [1.807, 2.05) is 50.8 Å². The minimum absolute atomic E-state index is 0.0377. The molecule has 4 rings (SSSR count). The number of phenols is 1. The lowest BCUT2D eigenvalue weighted by Crippen LogP contribution is -2.53. The van der Waals surface area contributed by atoms with Crippen LogP contribution in [0.3, 0.4) is 0 Å². The minimum Gasteiger partial charge on any atom is -0.507 e. The number of carbonyl (C=O) groups is 1. The van der Waals surface area contributed by atoms with Crippen LogP contribution >= 0.6 is 0 Å². The van der Waals surface area contributed by atoms with E-state index in [0.29, 0.717) is 37.5 Å². The van der Waals surface area contributed by atoms with E-state index in [0.717, 1.165) is 10.9 Å². The monoisotopic (exact) mass is 452 g/mol. The molecule has 33 heavy (non-hydrogen) atoms. The predicted molar refractivity (Wildman–Crippen MR) is 126 cm³/mol. The summed E-state index contributed by atoms with van der Waals surface area (Å²) in [5.74, 6) is -0.358. The number of phenolic OH excluding ortho intramolecular Hbond substituents is 1. The molecule has 2 heterocycles. The molecule has 1 atom stereocenters. The summed E-state index contributed by atoms with van der Waals surface area (Å²) in [4.78, 5) is 25.6. The maximum Gasteiger partial charge on any atom is 0.252 e. The van der Waals surface area contributed by atoms with Gasteiger partial charge >= 0.3 is 0 Å². The first-order valence-electron chi connectivity index (χ1n) is 11.0. The van der Waals surface area contributed by atoms with Crippen LogP contribution in [-0.2, 0) is 4.79 Å². The van der Waals surface area contributed by atoms with Gasteiger partial charge in [0.15, 0.2) is 5.82 Å². The van der Waals surface area contributed by atoms with E-state index in [9.17, 15) is 19.4 Å². The smallest absolute Gasteiger partial charge is 0.252 e. The Morgan fingerprint density at radius 2 is 1.79 bits per heavy atom. The number of rotatable bonds is 3. The van der Waals surface area contributed by atoms with Crippen LogP contribution < -0.4 is 4.90 Å². The van der Waals surface area contributed by atoms with E-state index in [1.54, 1.807) is 4.90 Å². The largest absolute Gasteiger partial charge is 0.507 e. The Bertz CT molecular complexity index is 1180. The number of amides is 1. The number of fused-ring (bicyclic) bond motifs is 1. The number of benzene rings is 2. The van der Waals surface area contributed by atoms with Crippen molar-refractivity contribution >= 4 is 22.6 Å². The molecule has 0 saturated carbocycles. The number of hydrogen-bond acceptors (Lipinski definition) is 6. The zero-order valence-corrected chi connectivity index (χ0v) is 19.3. The Kier molecular flexibility index (Phi) is 5.97. The molecule has 2 aromatic carbocycles. The number of aliphatic hydroxyl groups excluding tert-OH is 1. The van der Waals surface area contributed by atoms with E-state index in [2.05, 4.69) is 9.97 Å². The molecule has 0 aliphatic carbocycles. The van der Waals surface area contributed by atoms with Crippen LogP contribution in [0.4, 0.5) is 10.2 Å². The summed E-state index contributed by atoms with van der Waals surface area (Å²) in [5, 5.41) is 21.5. The number of carbonyl (C=O) groups excluding carboxylic acids is 1. The molecule has 1 fully saturated rings. The zero-order valence-electron chi connectivity index (χ0n) is 19.3. The second-order valence-corrected chi connectivity index (χ2v) is 9.61. The second kappa shape index (κ2) is 8.59. The lowest BCUT2D eigenvalue weighted by atomic mass is 9.88. The molecule has 1 amide bonds. The maximum atomic E-state index is 14.6. The van der Waals surface area contributed by atoms with Gasteiger partial charge in [-0.1, -0.05) is 32.9 Å². The van der Waals surface area contributed by atoms with Crippen molar-refractivity contribution in [2.24, 2.45) is 5.41 Å². The summed E-state index contributed by atoms with van der Waals surface area (Å²) < 4.78 is 14.6. The molecule has 0 unspecified atom stereocenters. The van der Waals surface area contributed by atoms with E-state index in [1.165, 1.54) is 18.2 Å². The third-order valence-corrected chi connectivity index (χ3v) is 5.99. The molecule has 1 saturated heterocycles. The number of anilines is 1. The number of hydrogen-bond donors (Lipinski definition) is 2. The molecule has 2 N–H and O–H groups in total. The van der Waals surface area contributed by atoms with Crippen LogP contribution in [-0.4, -0.2) is 63.3 Å². The number of piperazine rings is 1. The molecule has 0 spiro atoms. The Morgan fingerprint density at radius 1 is 1.09 bits per heavy atom. The average molecular weight is 453 g/mol. The van der Waals surface area contributed by atoms with E-state index >= 15 is 0 Å². The molecule has 7 nitrogen and oxygen atoms in total. The highest BCUT2D eigenvalue weighted by Crippen LogP contribution is 2.34. The van der Waals surface area contributed by atoms with Gasteiger partial charge in [-0.15, -0.1) is 0 Å². The summed E-state index contributed by atoms with van der Waals surface area (Å²) in [6, 6.07) is 9.92. The highest BCUT2D eigenvalue weighted by Gasteiger charge is 2.34. The summed E-state index contributed by atoms with van der Waals surface area (Å²) in [5.41, 5.74) is 1.08. The molecule has 0 radical (unpaired) electrons. The van der Waals surface area contributed by atoms with E-state index < -0.39 is 17.3 Å². The van der Waals surface area contributed by atoms with Gasteiger partial charge in [-0.2, -0.15) is 0 Å². The van der Waals surface area contributed by atoms with Gasteiger partial charge < -0.3 is 20.0 Å². The fourth-order valence-electron chi connectivity index (χ4n) is 3.99. The Labute approximate surface area is 192 Å². The zero-order chi connectivity index (χ0) is 23.9. The molecule has 1 aromatic heterocycles. The standard InChI is InChI=1S/C25H29FN4O3/c1-15-8-9-16-18(14-15)27-22(20-17(26)6-5-7-19(20)31)28-23(16)29-10-12-30(13-11-29)24(33)21(32)25(2,3)4/h5-9,14,21,31-32H,10-13H2,1-4H3/t21-/m0/s1. The Morgan fingerprint density at radius 3 is 2.42 bits per heavy atom. The number of aromatic hydroxyl groups is 1. The molecular formula is C25H29FN4O3. The van der Waals surface area contributed by atoms with Gasteiger partial charge in [0, 0.05) is 31.6 Å². The molecule has 3 aromatic rings. The van der Waals surface area contributed by atoms with Crippen molar-refractivity contribution in [3.8, 4) is 17.1 Å². The molecule has 0 bridgehead atoms. The van der Waals surface area contributed by atoms with E-state index in [-0.39, 0.29) is 23.0 Å². The van der Waals surface area contributed by atoms with Gasteiger partial charge in [0.05, 0.1) is 11.1 Å². The Hall–Kier alpha value is -3.26. The van der Waals surface area contributed by atoms with Crippen LogP contribution in [0.1, 0.15) is 26.3 Å². The first-order valence-corrected chi connectivity index (χ1v) is 11.0. The highest BCUT2D eigenvalue weighted by molar-refractivity contribution is 5.92.